The van der Waals surface area contributed by atoms with E-state index in [2.05, 4.69) is 15.3 Å². The first-order chi connectivity index (χ1) is 15.6. The predicted molar refractivity (Wildman–Crippen MR) is 129 cm³/mol. The van der Waals surface area contributed by atoms with Gasteiger partial charge in [-0.1, -0.05) is 6.07 Å². The van der Waals surface area contributed by atoms with E-state index in [9.17, 15) is 4.79 Å². The van der Waals surface area contributed by atoms with Crippen LogP contribution in [0.3, 0.4) is 0 Å². The largest absolute Gasteiger partial charge is 0.494 e. The third kappa shape index (κ3) is 5.63. The SMILES string of the molecule is CCOc1ccc2[nH]c(=O)c(CN(Cc3cccnc3)C(=S)NC[C@@H]3CCCO3)cc2c1. The summed E-state index contributed by atoms with van der Waals surface area (Å²) in [6, 6.07) is 11.5. The second kappa shape index (κ2) is 10.6. The molecule has 3 heterocycles. The van der Waals surface area contributed by atoms with Crippen LogP contribution < -0.4 is 15.6 Å². The maximum atomic E-state index is 12.8. The third-order valence-corrected chi connectivity index (χ3v) is 5.86. The normalized spacial score (nSPS) is 15.6. The Kier molecular flexibility index (Phi) is 7.34. The van der Waals surface area contributed by atoms with E-state index in [0.717, 1.165) is 41.7 Å². The lowest BCUT2D eigenvalue weighted by Gasteiger charge is -2.26. The minimum Gasteiger partial charge on any atom is -0.494 e. The van der Waals surface area contributed by atoms with Gasteiger partial charge < -0.3 is 24.7 Å². The maximum Gasteiger partial charge on any atom is 0.253 e. The first-order valence-corrected chi connectivity index (χ1v) is 11.3. The van der Waals surface area contributed by atoms with E-state index in [4.69, 9.17) is 21.7 Å². The molecular formula is C24H28N4O3S. The first-order valence-electron chi connectivity index (χ1n) is 10.9. The average molecular weight is 453 g/mol. The summed E-state index contributed by atoms with van der Waals surface area (Å²) >= 11 is 5.71. The number of nitrogens with one attached hydrogen (secondary N) is 2. The number of aromatic nitrogens is 2. The van der Waals surface area contributed by atoms with Gasteiger partial charge in [-0.3, -0.25) is 9.78 Å². The number of aromatic amines is 1. The van der Waals surface area contributed by atoms with Crippen molar-refractivity contribution in [3.05, 3.63) is 70.3 Å². The Morgan fingerprint density at radius 1 is 1.34 bits per heavy atom. The minimum absolute atomic E-state index is 0.125. The van der Waals surface area contributed by atoms with Crippen molar-refractivity contribution >= 4 is 28.2 Å². The Morgan fingerprint density at radius 3 is 3.00 bits per heavy atom. The summed E-state index contributed by atoms with van der Waals surface area (Å²) in [4.78, 5) is 22.0. The van der Waals surface area contributed by atoms with E-state index in [-0.39, 0.29) is 11.7 Å². The van der Waals surface area contributed by atoms with Gasteiger partial charge in [0, 0.05) is 48.6 Å². The Hall–Kier alpha value is -2.97. The molecule has 1 atom stereocenters. The molecule has 8 heteroatoms. The van der Waals surface area contributed by atoms with Crippen molar-refractivity contribution in [1.29, 1.82) is 0 Å². The lowest BCUT2D eigenvalue weighted by Crippen LogP contribution is -2.42. The van der Waals surface area contributed by atoms with Crippen LogP contribution in [0.15, 0.2) is 53.6 Å². The van der Waals surface area contributed by atoms with Crippen molar-refractivity contribution in [2.75, 3.05) is 19.8 Å². The highest BCUT2D eigenvalue weighted by molar-refractivity contribution is 7.80. The summed E-state index contributed by atoms with van der Waals surface area (Å²) in [5.74, 6) is 0.777. The zero-order valence-corrected chi connectivity index (χ0v) is 19.0. The first kappa shape index (κ1) is 22.2. The van der Waals surface area contributed by atoms with Gasteiger partial charge in [0.2, 0.25) is 0 Å². The Morgan fingerprint density at radius 2 is 2.25 bits per heavy atom. The Balaban J connectivity index is 1.57. The summed E-state index contributed by atoms with van der Waals surface area (Å²) in [6.07, 6.45) is 5.84. The molecule has 7 nitrogen and oxygen atoms in total. The molecule has 1 fully saturated rings. The van der Waals surface area contributed by atoms with Crippen LogP contribution in [0.25, 0.3) is 10.9 Å². The lowest BCUT2D eigenvalue weighted by atomic mass is 10.1. The molecule has 1 aliphatic heterocycles. The molecule has 0 unspecified atom stereocenters. The van der Waals surface area contributed by atoms with Gasteiger partial charge in [-0.25, -0.2) is 0 Å². The zero-order valence-electron chi connectivity index (χ0n) is 18.2. The van der Waals surface area contributed by atoms with Crippen LogP contribution in [-0.4, -0.2) is 45.8 Å². The van der Waals surface area contributed by atoms with Crippen molar-refractivity contribution in [3.63, 3.8) is 0 Å². The van der Waals surface area contributed by atoms with Crippen molar-refractivity contribution in [1.82, 2.24) is 20.2 Å². The lowest BCUT2D eigenvalue weighted by molar-refractivity contribution is 0.113. The number of hydrogen-bond donors (Lipinski definition) is 2. The van der Waals surface area contributed by atoms with Crippen LogP contribution in [0, 0.1) is 0 Å². The van der Waals surface area contributed by atoms with Gasteiger partial charge in [0.25, 0.3) is 5.56 Å². The topological polar surface area (TPSA) is 79.5 Å². The van der Waals surface area contributed by atoms with Gasteiger partial charge >= 0.3 is 0 Å². The number of H-pyrrole nitrogens is 1. The molecule has 2 N–H and O–H groups in total. The summed E-state index contributed by atoms with van der Waals surface area (Å²) in [6.45, 7) is 4.91. The summed E-state index contributed by atoms with van der Waals surface area (Å²) < 4.78 is 11.3. The average Bonchev–Trinajstić information content (AvgIpc) is 3.32. The number of ether oxygens (including phenoxy) is 2. The standard InChI is InChI=1S/C24H28N4O3S/c1-2-30-20-7-8-22-18(12-20)11-19(23(29)27-22)16-28(15-17-5-3-9-25-13-17)24(32)26-14-21-6-4-10-31-21/h3,5,7-9,11-13,21H,2,4,6,10,14-16H2,1H3,(H,26,32)(H,27,29)/t21-/m0/s1. The Labute approximate surface area is 192 Å². The molecule has 0 amide bonds. The molecule has 168 valence electrons. The summed E-state index contributed by atoms with van der Waals surface area (Å²) in [5, 5.41) is 4.84. The number of hydrogen-bond acceptors (Lipinski definition) is 5. The molecule has 0 bridgehead atoms. The molecule has 0 radical (unpaired) electrons. The smallest absolute Gasteiger partial charge is 0.253 e. The van der Waals surface area contributed by atoms with Gasteiger partial charge in [-0.05, 0) is 67.9 Å². The number of pyridine rings is 2. The molecule has 1 aliphatic rings. The van der Waals surface area contributed by atoms with Crippen molar-refractivity contribution < 1.29 is 9.47 Å². The fourth-order valence-corrected chi connectivity index (χ4v) is 4.05. The second-order valence-corrected chi connectivity index (χ2v) is 8.23. The fourth-order valence-electron chi connectivity index (χ4n) is 3.84. The van der Waals surface area contributed by atoms with Crippen LogP contribution in [0.2, 0.25) is 0 Å². The number of rotatable bonds is 8. The van der Waals surface area contributed by atoms with Crippen LogP contribution in [0.5, 0.6) is 5.75 Å². The molecule has 0 saturated carbocycles. The van der Waals surface area contributed by atoms with Gasteiger partial charge in [-0.15, -0.1) is 0 Å². The van der Waals surface area contributed by atoms with Crippen LogP contribution in [-0.2, 0) is 17.8 Å². The van der Waals surface area contributed by atoms with Crippen molar-refractivity contribution in [2.45, 2.75) is 39.0 Å². The highest BCUT2D eigenvalue weighted by atomic mass is 32.1. The zero-order chi connectivity index (χ0) is 22.3. The summed E-state index contributed by atoms with van der Waals surface area (Å²) in [5.41, 5.74) is 2.31. The third-order valence-electron chi connectivity index (χ3n) is 5.45. The molecule has 0 aliphatic carbocycles. The van der Waals surface area contributed by atoms with Crippen LogP contribution in [0.4, 0.5) is 0 Å². The highest BCUT2D eigenvalue weighted by Crippen LogP contribution is 2.20. The van der Waals surface area contributed by atoms with Gasteiger partial charge in [-0.2, -0.15) is 0 Å². The number of benzene rings is 1. The molecule has 32 heavy (non-hydrogen) atoms. The molecule has 4 rings (SSSR count). The van der Waals surface area contributed by atoms with E-state index in [0.29, 0.717) is 36.9 Å². The highest BCUT2D eigenvalue weighted by Gasteiger charge is 2.18. The molecule has 3 aromatic rings. The molecular weight excluding hydrogens is 424 g/mol. The van der Waals surface area contributed by atoms with E-state index >= 15 is 0 Å². The van der Waals surface area contributed by atoms with Gasteiger partial charge in [0.05, 0.1) is 19.3 Å². The minimum atomic E-state index is -0.125. The molecule has 0 spiro atoms. The van der Waals surface area contributed by atoms with Crippen LogP contribution in [0.1, 0.15) is 30.9 Å². The van der Waals surface area contributed by atoms with E-state index < -0.39 is 0 Å². The molecule has 2 aromatic heterocycles. The van der Waals surface area contributed by atoms with Gasteiger partial charge in [0.1, 0.15) is 5.75 Å². The quantitative estimate of drug-likeness (QED) is 0.507. The molecule has 1 aromatic carbocycles. The van der Waals surface area contributed by atoms with Crippen molar-refractivity contribution in [2.24, 2.45) is 0 Å². The maximum absolute atomic E-state index is 12.8. The number of fused-ring (bicyclic) bond motifs is 1. The van der Waals surface area contributed by atoms with E-state index in [1.54, 1.807) is 6.20 Å². The van der Waals surface area contributed by atoms with Crippen LogP contribution >= 0.6 is 12.2 Å². The second-order valence-electron chi connectivity index (χ2n) is 7.84. The van der Waals surface area contributed by atoms with E-state index in [1.165, 1.54) is 0 Å². The Bertz CT molecular complexity index is 1110. The van der Waals surface area contributed by atoms with E-state index in [1.807, 2.05) is 54.4 Å². The fraction of sp³-hybridized carbons (Fsp3) is 0.375. The summed E-state index contributed by atoms with van der Waals surface area (Å²) in [7, 11) is 0. The number of nitrogens with zero attached hydrogens (tertiary/aromatic N) is 2. The monoisotopic (exact) mass is 452 g/mol. The molecule has 1 saturated heterocycles. The predicted octanol–water partition coefficient (Wildman–Crippen LogP) is 3.38. The number of thiocarbonyl (C=S) groups is 1. The van der Waals surface area contributed by atoms with Gasteiger partial charge in [0.15, 0.2) is 5.11 Å². The van der Waals surface area contributed by atoms with Crippen molar-refractivity contribution in [3.8, 4) is 5.75 Å².